The number of hydrogen-bond acceptors (Lipinski definition) is 3. The topological polar surface area (TPSA) is 31.6 Å². The number of rotatable bonds is 6. The molecule has 2 aromatic carbocycles. The van der Waals surface area contributed by atoms with Crippen molar-refractivity contribution in [3.05, 3.63) is 72.0 Å². The molecule has 1 aromatic heterocycles. The number of allylic oxidation sites excluding steroid dienone is 1. The Morgan fingerprint density at radius 1 is 1.03 bits per heavy atom. The maximum absolute atomic E-state index is 6.18. The highest BCUT2D eigenvalue weighted by atomic mass is 16.7. The van der Waals surface area contributed by atoms with Crippen molar-refractivity contribution in [1.82, 2.24) is 0 Å². The summed E-state index contributed by atoms with van der Waals surface area (Å²) in [5, 5.41) is 1.26. The standard InChI is InChI=1S/C31H38NO3/c1-7-30(5)31(8-2,18-17-29-34-21(3)19-22(4)35-29)26-15-14-24(33-6)20-25(26)28-16-13-23-11-9-10-12-27(23)32(28)30/h9-16,19-21,29H,7-8,17-18H2,1-6H3/q+1. The lowest BCUT2D eigenvalue weighted by molar-refractivity contribution is -0.743. The molecule has 0 spiro atoms. The third-order valence-corrected chi connectivity index (χ3v) is 8.63. The Bertz CT molecular complexity index is 1280. The molecule has 4 nitrogen and oxygen atoms in total. The second-order valence-electron chi connectivity index (χ2n) is 10.3. The minimum atomic E-state index is -0.222. The van der Waals surface area contributed by atoms with E-state index in [9.17, 15) is 0 Å². The molecule has 2 aliphatic heterocycles. The lowest BCUT2D eigenvalue weighted by atomic mass is 9.57. The summed E-state index contributed by atoms with van der Waals surface area (Å²) >= 11 is 0. The zero-order chi connectivity index (χ0) is 24.8. The smallest absolute Gasteiger partial charge is 0.213 e. The van der Waals surface area contributed by atoms with Crippen LogP contribution in [0.3, 0.4) is 0 Å². The van der Waals surface area contributed by atoms with Crippen molar-refractivity contribution < 1.29 is 18.8 Å². The van der Waals surface area contributed by atoms with Crippen LogP contribution in [-0.4, -0.2) is 19.5 Å². The highest BCUT2D eigenvalue weighted by Crippen LogP contribution is 2.53. The fourth-order valence-corrected chi connectivity index (χ4v) is 6.75. The fourth-order valence-electron chi connectivity index (χ4n) is 6.75. The van der Waals surface area contributed by atoms with Gasteiger partial charge in [-0.2, -0.15) is 4.57 Å². The first-order chi connectivity index (χ1) is 16.9. The molecule has 4 heteroatoms. The molecule has 35 heavy (non-hydrogen) atoms. The van der Waals surface area contributed by atoms with Crippen molar-refractivity contribution in [3.8, 4) is 17.0 Å². The second kappa shape index (κ2) is 8.98. The third kappa shape index (κ3) is 3.65. The summed E-state index contributed by atoms with van der Waals surface area (Å²) in [7, 11) is 1.75. The molecular weight excluding hydrogens is 434 g/mol. The molecule has 0 aliphatic carbocycles. The summed E-state index contributed by atoms with van der Waals surface area (Å²) in [5.74, 6) is 1.85. The summed E-state index contributed by atoms with van der Waals surface area (Å²) < 4.78 is 20.6. The van der Waals surface area contributed by atoms with E-state index < -0.39 is 0 Å². The molecule has 0 fully saturated rings. The Kier molecular flexibility index (Phi) is 6.13. The quantitative estimate of drug-likeness (QED) is 0.361. The second-order valence-corrected chi connectivity index (χ2v) is 10.3. The van der Waals surface area contributed by atoms with Gasteiger partial charge >= 0.3 is 0 Å². The minimum absolute atomic E-state index is 0.0748. The van der Waals surface area contributed by atoms with Crippen molar-refractivity contribution in [2.75, 3.05) is 7.11 Å². The van der Waals surface area contributed by atoms with Crippen LogP contribution in [0, 0.1) is 0 Å². The van der Waals surface area contributed by atoms with Crippen molar-refractivity contribution in [2.24, 2.45) is 0 Å². The highest BCUT2D eigenvalue weighted by molar-refractivity contribution is 5.79. The van der Waals surface area contributed by atoms with Gasteiger partial charge < -0.3 is 14.2 Å². The number of pyridine rings is 1. The number of fused-ring (bicyclic) bond motifs is 5. The van der Waals surface area contributed by atoms with E-state index in [1.54, 1.807) is 7.11 Å². The fraction of sp³-hybridized carbons (Fsp3) is 0.452. The van der Waals surface area contributed by atoms with E-state index in [1.807, 2.05) is 13.0 Å². The minimum Gasteiger partial charge on any atom is -0.497 e. The van der Waals surface area contributed by atoms with Crippen LogP contribution in [0.2, 0.25) is 0 Å². The first-order valence-corrected chi connectivity index (χ1v) is 13.0. The van der Waals surface area contributed by atoms with Crippen LogP contribution in [0.1, 0.15) is 65.9 Å². The van der Waals surface area contributed by atoms with Gasteiger partial charge in [0.1, 0.15) is 5.75 Å². The largest absolute Gasteiger partial charge is 0.497 e. The van der Waals surface area contributed by atoms with E-state index in [0.717, 1.165) is 37.2 Å². The van der Waals surface area contributed by atoms with E-state index in [2.05, 4.69) is 86.9 Å². The summed E-state index contributed by atoms with van der Waals surface area (Å²) in [6, 6.07) is 19.9. The van der Waals surface area contributed by atoms with Crippen LogP contribution >= 0.6 is 0 Å². The Morgan fingerprint density at radius 3 is 2.54 bits per heavy atom. The van der Waals surface area contributed by atoms with Crippen LogP contribution in [0.25, 0.3) is 22.2 Å². The zero-order valence-corrected chi connectivity index (χ0v) is 21.9. The average molecular weight is 473 g/mol. The number of benzene rings is 2. The van der Waals surface area contributed by atoms with Crippen LogP contribution in [0.4, 0.5) is 0 Å². The van der Waals surface area contributed by atoms with Gasteiger partial charge in [0.15, 0.2) is 11.8 Å². The molecule has 4 unspecified atom stereocenters. The highest BCUT2D eigenvalue weighted by Gasteiger charge is 2.59. The third-order valence-electron chi connectivity index (χ3n) is 8.63. The summed E-state index contributed by atoms with van der Waals surface area (Å²) in [6.07, 6.45) is 5.73. The van der Waals surface area contributed by atoms with Gasteiger partial charge in [-0.3, -0.25) is 0 Å². The van der Waals surface area contributed by atoms with Crippen LogP contribution < -0.4 is 9.30 Å². The normalized spacial score (nSPS) is 27.5. The molecule has 5 rings (SSSR count). The van der Waals surface area contributed by atoms with Gasteiger partial charge in [0.05, 0.1) is 30.0 Å². The van der Waals surface area contributed by atoms with Crippen LogP contribution in [-0.2, 0) is 20.4 Å². The number of methoxy groups -OCH3 is 1. The van der Waals surface area contributed by atoms with E-state index in [1.165, 1.54) is 27.7 Å². The van der Waals surface area contributed by atoms with Gasteiger partial charge in [0, 0.05) is 37.3 Å². The molecule has 3 aromatic rings. The zero-order valence-electron chi connectivity index (χ0n) is 21.9. The first-order valence-electron chi connectivity index (χ1n) is 13.0. The van der Waals surface area contributed by atoms with Gasteiger partial charge in [-0.15, -0.1) is 0 Å². The number of aromatic nitrogens is 1. The predicted molar refractivity (Wildman–Crippen MR) is 140 cm³/mol. The Morgan fingerprint density at radius 2 is 1.83 bits per heavy atom. The van der Waals surface area contributed by atoms with Crippen molar-refractivity contribution in [1.29, 1.82) is 0 Å². The SMILES string of the molecule is CCC1(CCC2OC(C)=CC(C)O2)c2ccc(OC)cc2-c2ccc3ccccc3[n+]2C1(C)CC. The maximum atomic E-state index is 6.18. The van der Waals surface area contributed by atoms with Gasteiger partial charge in [0.25, 0.3) is 0 Å². The molecular formula is C31H38NO3+. The molecule has 4 atom stereocenters. The predicted octanol–water partition coefficient (Wildman–Crippen LogP) is 7.03. The average Bonchev–Trinajstić information content (AvgIpc) is 2.87. The molecule has 3 heterocycles. The molecule has 0 radical (unpaired) electrons. The Labute approximate surface area is 209 Å². The monoisotopic (exact) mass is 472 g/mol. The molecule has 0 bridgehead atoms. The lowest BCUT2D eigenvalue weighted by Gasteiger charge is -2.49. The molecule has 2 aliphatic rings. The Balaban J connectivity index is 1.72. The van der Waals surface area contributed by atoms with Gasteiger partial charge in [-0.1, -0.05) is 32.0 Å². The lowest BCUT2D eigenvalue weighted by Crippen LogP contribution is -2.68. The first kappa shape index (κ1) is 23.9. The van der Waals surface area contributed by atoms with E-state index in [-0.39, 0.29) is 23.3 Å². The molecule has 184 valence electrons. The molecule has 0 saturated carbocycles. The number of para-hydroxylation sites is 1. The molecule has 0 N–H and O–H groups in total. The molecule has 0 amide bonds. The van der Waals surface area contributed by atoms with Gasteiger partial charge in [0.2, 0.25) is 11.2 Å². The van der Waals surface area contributed by atoms with E-state index in [4.69, 9.17) is 14.2 Å². The summed E-state index contributed by atoms with van der Waals surface area (Å²) in [6.45, 7) is 11.2. The van der Waals surface area contributed by atoms with E-state index in [0.29, 0.717) is 0 Å². The maximum Gasteiger partial charge on any atom is 0.213 e. The number of ether oxygens (including phenoxy) is 3. The van der Waals surface area contributed by atoms with Gasteiger partial charge in [-0.05, 0) is 62.6 Å². The van der Waals surface area contributed by atoms with E-state index >= 15 is 0 Å². The van der Waals surface area contributed by atoms with Crippen LogP contribution in [0.15, 0.2) is 66.4 Å². The summed E-state index contributed by atoms with van der Waals surface area (Å²) in [5.41, 5.74) is 4.96. The Hall–Kier alpha value is -2.85. The molecule has 0 saturated heterocycles. The number of hydrogen-bond donors (Lipinski definition) is 0. The van der Waals surface area contributed by atoms with Crippen LogP contribution in [0.5, 0.6) is 5.75 Å². The van der Waals surface area contributed by atoms with Crippen molar-refractivity contribution in [2.45, 2.75) is 83.6 Å². The summed E-state index contributed by atoms with van der Waals surface area (Å²) in [4.78, 5) is 0. The number of nitrogens with zero attached hydrogens (tertiary/aromatic N) is 1. The van der Waals surface area contributed by atoms with Gasteiger partial charge in [-0.25, -0.2) is 0 Å². The van der Waals surface area contributed by atoms with Crippen molar-refractivity contribution in [3.63, 3.8) is 0 Å². The van der Waals surface area contributed by atoms with Crippen molar-refractivity contribution >= 4 is 10.9 Å².